The van der Waals surface area contributed by atoms with Crippen molar-refractivity contribution in [1.29, 1.82) is 0 Å². The molecule has 0 saturated heterocycles. The molecule has 0 aromatic carbocycles. The van der Waals surface area contributed by atoms with Crippen molar-refractivity contribution in [3.8, 4) is 0 Å². The van der Waals surface area contributed by atoms with Gasteiger partial charge in [-0.2, -0.15) is 0 Å². The Bertz CT molecular complexity index is 293. The minimum Gasteiger partial charge on any atom is -0.481 e. The van der Waals surface area contributed by atoms with Crippen LogP contribution in [-0.4, -0.2) is 17.6 Å². The van der Waals surface area contributed by atoms with Crippen LogP contribution in [0, 0.1) is 6.92 Å². The summed E-state index contributed by atoms with van der Waals surface area (Å²) in [5, 5.41) is 11.5. The highest BCUT2D eigenvalue weighted by Crippen LogP contribution is 2.05. The van der Waals surface area contributed by atoms with E-state index in [1.54, 1.807) is 0 Å². The molecule has 0 radical (unpaired) electrons. The predicted molar refractivity (Wildman–Crippen MR) is 52.0 cm³/mol. The molecular weight excluding hydrogens is 182 g/mol. The highest BCUT2D eigenvalue weighted by atomic mass is 16.4. The maximum Gasteiger partial charge on any atom is 0.303 e. The van der Waals surface area contributed by atoms with Crippen LogP contribution in [-0.2, 0) is 11.3 Å². The summed E-state index contributed by atoms with van der Waals surface area (Å²) in [7, 11) is 0. The third kappa shape index (κ3) is 4.09. The molecule has 0 aliphatic carbocycles. The van der Waals surface area contributed by atoms with Gasteiger partial charge in [0, 0.05) is 6.42 Å². The summed E-state index contributed by atoms with van der Waals surface area (Å²) < 4.78 is 5.33. The molecule has 1 heterocycles. The Morgan fingerprint density at radius 3 is 2.93 bits per heavy atom. The van der Waals surface area contributed by atoms with Gasteiger partial charge in [-0.25, -0.2) is 0 Å². The van der Waals surface area contributed by atoms with Gasteiger partial charge in [0.25, 0.3) is 0 Å². The molecule has 1 aromatic rings. The van der Waals surface area contributed by atoms with Crippen LogP contribution in [0.25, 0.3) is 0 Å². The van der Waals surface area contributed by atoms with Crippen LogP contribution in [0.5, 0.6) is 0 Å². The molecule has 1 aromatic heterocycles. The van der Waals surface area contributed by atoms with Crippen LogP contribution in [0.4, 0.5) is 0 Å². The van der Waals surface area contributed by atoms with Gasteiger partial charge in [0.2, 0.25) is 0 Å². The van der Waals surface area contributed by atoms with Crippen molar-refractivity contribution in [1.82, 2.24) is 5.32 Å². The van der Waals surface area contributed by atoms with Gasteiger partial charge in [0.05, 0.1) is 6.54 Å². The zero-order chi connectivity index (χ0) is 10.4. The lowest BCUT2D eigenvalue weighted by Crippen LogP contribution is -2.15. The summed E-state index contributed by atoms with van der Waals surface area (Å²) in [6, 6.07) is 3.83. The first-order valence-corrected chi connectivity index (χ1v) is 4.66. The van der Waals surface area contributed by atoms with Crippen LogP contribution in [0.2, 0.25) is 0 Å². The summed E-state index contributed by atoms with van der Waals surface area (Å²) in [5.41, 5.74) is 0. The average molecular weight is 197 g/mol. The van der Waals surface area contributed by atoms with Gasteiger partial charge in [-0.1, -0.05) is 0 Å². The second kappa shape index (κ2) is 5.44. The molecule has 0 amide bonds. The molecule has 0 aliphatic rings. The van der Waals surface area contributed by atoms with Crippen LogP contribution < -0.4 is 5.32 Å². The van der Waals surface area contributed by atoms with Crippen molar-refractivity contribution in [2.45, 2.75) is 26.3 Å². The van der Waals surface area contributed by atoms with E-state index in [1.165, 1.54) is 0 Å². The van der Waals surface area contributed by atoms with E-state index in [4.69, 9.17) is 9.52 Å². The highest BCUT2D eigenvalue weighted by Gasteiger charge is 1.98. The number of furan rings is 1. The highest BCUT2D eigenvalue weighted by molar-refractivity contribution is 5.66. The third-order valence-corrected chi connectivity index (χ3v) is 1.84. The van der Waals surface area contributed by atoms with E-state index in [2.05, 4.69) is 5.32 Å². The molecule has 0 bridgehead atoms. The van der Waals surface area contributed by atoms with E-state index in [-0.39, 0.29) is 6.42 Å². The van der Waals surface area contributed by atoms with Gasteiger partial charge in [-0.15, -0.1) is 0 Å². The second-order valence-corrected chi connectivity index (χ2v) is 3.19. The molecule has 0 saturated carbocycles. The Kier molecular flexibility index (Phi) is 4.19. The van der Waals surface area contributed by atoms with E-state index in [9.17, 15) is 4.79 Å². The molecule has 78 valence electrons. The number of aliphatic carboxylic acids is 1. The normalized spacial score (nSPS) is 10.4. The lowest BCUT2D eigenvalue weighted by Gasteiger charge is -2.00. The maximum absolute atomic E-state index is 10.2. The Balaban J connectivity index is 2.07. The Labute approximate surface area is 82.9 Å². The van der Waals surface area contributed by atoms with E-state index < -0.39 is 5.97 Å². The third-order valence-electron chi connectivity index (χ3n) is 1.84. The predicted octanol–water partition coefficient (Wildman–Crippen LogP) is 1.54. The topological polar surface area (TPSA) is 62.5 Å². The van der Waals surface area contributed by atoms with Gasteiger partial charge in [-0.3, -0.25) is 4.79 Å². The number of carbonyl (C=O) groups is 1. The number of carboxylic acid groups (broad SMARTS) is 1. The quantitative estimate of drug-likeness (QED) is 0.679. The van der Waals surface area contributed by atoms with Crippen LogP contribution >= 0.6 is 0 Å². The number of aryl methyl sites for hydroxylation is 1. The first-order chi connectivity index (χ1) is 6.68. The molecule has 0 aliphatic heterocycles. The molecule has 1 rings (SSSR count). The van der Waals surface area contributed by atoms with Gasteiger partial charge in [0.15, 0.2) is 0 Å². The largest absolute Gasteiger partial charge is 0.481 e. The summed E-state index contributed by atoms with van der Waals surface area (Å²) in [6.45, 7) is 3.26. The van der Waals surface area contributed by atoms with E-state index in [0.717, 1.165) is 11.5 Å². The number of carboxylic acids is 1. The molecule has 4 nitrogen and oxygen atoms in total. The standard InChI is InChI=1S/C10H15NO3/c1-8-4-5-9(14-8)7-11-6-2-3-10(12)13/h4-5,11H,2-3,6-7H2,1H3,(H,12,13). The van der Waals surface area contributed by atoms with Crippen molar-refractivity contribution in [2.75, 3.05) is 6.54 Å². The molecule has 14 heavy (non-hydrogen) atoms. The van der Waals surface area contributed by atoms with E-state index >= 15 is 0 Å². The molecule has 0 spiro atoms. The van der Waals surface area contributed by atoms with Crippen molar-refractivity contribution in [3.63, 3.8) is 0 Å². The molecule has 2 N–H and O–H groups in total. The second-order valence-electron chi connectivity index (χ2n) is 3.19. The zero-order valence-corrected chi connectivity index (χ0v) is 8.25. The monoisotopic (exact) mass is 197 g/mol. The van der Waals surface area contributed by atoms with Crippen LogP contribution in [0.3, 0.4) is 0 Å². The molecule has 0 atom stereocenters. The van der Waals surface area contributed by atoms with Gasteiger partial charge >= 0.3 is 5.97 Å². The van der Waals surface area contributed by atoms with Crippen molar-refractivity contribution < 1.29 is 14.3 Å². The first kappa shape index (κ1) is 10.8. The van der Waals surface area contributed by atoms with Crippen LogP contribution in [0.1, 0.15) is 24.4 Å². The fourth-order valence-electron chi connectivity index (χ4n) is 1.16. The molecule has 4 heteroatoms. The average Bonchev–Trinajstić information content (AvgIpc) is 2.50. The Hall–Kier alpha value is -1.29. The van der Waals surface area contributed by atoms with Gasteiger partial charge in [-0.05, 0) is 32.0 Å². The lowest BCUT2D eigenvalue weighted by molar-refractivity contribution is -0.137. The minimum atomic E-state index is -0.749. The maximum atomic E-state index is 10.2. The van der Waals surface area contributed by atoms with Crippen molar-refractivity contribution >= 4 is 5.97 Å². The number of nitrogens with one attached hydrogen (secondary N) is 1. The summed E-state index contributed by atoms with van der Waals surface area (Å²) >= 11 is 0. The lowest BCUT2D eigenvalue weighted by atomic mass is 10.3. The molecule has 0 fully saturated rings. The fourth-order valence-corrected chi connectivity index (χ4v) is 1.16. The zero-order valence-electron chi connectivity index (χ0n) is 8.25. The SMILES string of the molecule is Cc1ccc(CNCCCC(=O)O)o1. The summed E-state index contributed by atoms with van der Waals surface area (Å²) in [5.74, 6) is 1.03. The number of rotatable bonds is 6. The van der Waals surface area contributed by atoms with Gasteiger partial charge in [0.1, 0.15) is 11.5 Å². The summed E-state index contributed by atoms with van der Waals surface area (Å²) in [4.78, 5) is 10.2. The van der Waals surface area contributed by atoms with Crippen molar-refractivity contribution in [3.05, 3.63) is 23.7 Å². The first-order valence-electron chi connectivity index (χ1n) is 4.66. The molecule has 0 unspecified atom stereocenters. The van der Waals surface area contributed by atoms with E-state index in [0.29, 0.717) is 19.5 Å². The minimum absolute atomic E-state index is 0.212. The Morgan fingerprint density at radius 1 is 1.57 bits per heavy atom. The van der Waals surface area contributed by atoms with E-state index in [1.807, 2.05) is 19.1 Å². The van der Waals surface area contributed by atoms with Crippen LogP contribution in [0.15, 0.2) is 16.5 Å². The fraction of sp³-hybridized carbons (Fsp3) is 0.500. The summed E-state index contributed by atoms with van der Waals surface area (Å²) in [6.07, 6.45) is 0.860. The van der Waals surface area contributed by atoms with Gasteiger partial charge < -0.3 is 14.8 Å². The van der Waals surface area contributed by atoms with Crippen molar-refractivity contribution in [2.24, 2.45) is 0 Å². The number of hydrogen-bond donors (Lipinski definition) is 2. The molecular formula is C10H15NO3. The Morgan fingerprint density at radius 2 is 2.36 bits per heavy atom. The smallest absolute Gasteiger partial charge is 0.303 e. The number of hydrogen-bond acceptors (Lipinski definition) is 3.